The van der Waals surface area contributed by atoms with Crippen LogP contribution in [-0.2, 0) is 0 Å². The third kappa shape index (κ3) is 5.33. The molecule has 0 radical (unpaired) electrons. The summed E-state index contributed by atoms with van der Waals surface area (Å²) in [7, 11) is 0. The second kappa shape index (κ2) is 6.21. The van der Waals surface area contributed by atoms with Crippen molar-refractivity contribution in [3.8, 4) is 0 Å². The molecule has 0 aromatic heterocycles. The SMILES string of the molecule is C=CC[C@H](NC[C@@H](C)O)C(C)C. The van der Waals surface area contributed by atoms with Crippen molar-refractivity contribution < 1.29 is 5.11 Å². The smallest absolute Gasteiger partial charge is 0.0636 e. The predicted molar refractivity (Wildman–Crippen MR) is 53.1 cm³/mol. The molecule has 0 aliphatic rings. The summed E-state index contributed by atoms with van der Waals surface area (Å²) in [6.45, 7) is 10.5. The number of aliphatic hydroxyl groups is 1. The molecule has 0 aliphatic heterocycles. The van der Waals surface area contributed by atoms with E-state index in [9.17, 15) is 0 Å². The van der Waals surface area contributed by atoms with Crippen molar-refractivity contribution in [1.82, 2.24) is 5.32 Å². The van der Waals surface area contributed by atoms with Crippen LogP contribution in [0, 0.1) is 5.92 Å². The quantitative estimate of drug-likeness (QED) is 0.594. The molecule has 0 saturated carbocycles. The van der Waals surface area contributed by atoms with Gasteiger partial charge in [-0.25, -0.2) is 0 Å². The Balaban J connectivity index is 3.70. The van der Waals surface area contributed by atoms with Crippen LogP contribution in [0.15, 0.2) is 12.7 Å². The zero-order valence-electron chi connectivity index (χ0n) is 8.38. The molecular formula is C10H21NO. The first-order valence-corrected chi connectivity index (χ1v) is 4.60. The standard InChI is InChI=1S/C10H21NO/c1-5-6-10(8(2)3)11-7-9(4)12/h5,8-12H,1,6-7H2,2-4H3/t9-,10+/m1/s1. The van der Waals surface area contributed by atoms with Crippen molar-refractivity contribution in [3.63, 3.8) is 0 Å². The first-order chi connectivity index (χ1) is 5.57. The summed E-state index contributed by atoms with van der Waals surface area (Å²) < 4.78 is 0. The summed E-state index contributed by atoms with van der Waals surface area (Å²) in [4.78, 5) is 0. The van der Waals surface area contributed by atoms with Gasteiger partial charge in [0.2, 0.25) is 0 Å². The van der Waals surface area contributed by atoms with Crippen LogP contribution < -0.4 is 5.32 Å². The molecule has 0 amide bonds. The van der Waals surface area contributed by atoms with E-state index in [1.54, 1.807) is 6.92 Å². The molecule has 0 aliphatic carbocycles. The van der Waals surface area contributed by atoms with Crippen LogP contribution in [0.3, 0.4) is 0 Å². The molecular weight excluding hydrogens is 150 g/mol. The van der Waals surface area contributed by atoms with Crippen molar-refractivity contribution in [1.29, 1.82) is 0 Å². The lowest BCUT2D eigenvalue weighted by atomic mass is 10.0. The highest BCUT2D eigenvalue weighted by atomic mass is 16.3. The first-order valence-electron chi connectivity index (χ1n) is 4.60. The zero-order chi connectivity index (χ0) is 9.56. The number of hydrogen-bond acceptors (Lipinski definition) is 2. The number of aliphatic hydroxyl groups excluding tert-OH is 1. The summed E-state index contributed by atoms with van der Waals surface area (Å²) in [5, 5.41) is 12.4. The molecule has 0 aromatic rings. The Hall–Kier alpha value is -0.340. The van der Waals surface area contributed by atoms with E-state index in [0.29, 0.717) is 18.5 Å². The van der Waals surface area contributed by atoms with E-state index in [-0.39, 0.29) is 6.10 Å². The lowest BCUT2D eigenvalue weighted by Crippen LogP contribution is -2.37. The van der Waals surface area contributed by atoms with Crippen LogP contribution in [0.2, 0.25) is 0 Å². The van der Waals surface area contributed by atoms with Crippen molar-refractivity contribution in [2.75, 3.05) is 6.54 Å². The van der Waals surface area contributed by atoms with Crippen molar-refractivity contribution in [2.24, 2.45) is 5.92 Å². The largest absolute Gasteiger partial charge is 0.392 e. The van der Waals surface area contributed by atoms with Gasteiger partial charge in [0, 0.05) is 12.6 Å². The van der Waals surface area contributed by atoms with Crippen LogP contribution in [0.4, 0.5) is 0 Å². The molecule has 0 bridgehead atoms. The minimum atomic E-state index is -0.268. The Morgan fingerprint density at radius 3 is 2.33 bits per heavy atom. The fourth-order valence-corrected chi connectivity index (χ4v) is 1.09. The maximum Gasteiger partial charge on any atom is 0.0636 e. The Morgan fingerprint density at radius 1 is 1.42 bits per heavy atom. The van der Waals surface area contributed by atoms with Crippen LogP contribution in [0.5, 0.6) is 0 Å². The summed E-state index contributed by atoms with van der Waals surface area (Å²) >= 11 is 0. The molecule has 0 spiro atoms. The molecule has 0 saturated heterocycles. The van der Waals surface area contributed by atoms with Crippen molar-refractivity contribution in [3.05, 3.63) is 12.7 Å². The molecule has 0 heterocycles. The van der Waals surface area contributed by atoms with Gasteiger partial charge >= 0.3 is 0 Å². The molecule has 0 fully saturated rings. The maximum absolute atomic E-state index is 9.06. The summed E-state index contributed by atoms with van der Waals surface area (Å²) in [5.74, 6) is 0.585. The molecule has 2 N–H and O–H groups in total. The average molecular weight is 171 g/mol. The van der Waals surface area contributed by atoms with Crippen LogP contribution in [-0.4, -0.2) is 23.8 Å². The highest BCUT2D eigenvalue weighted by Crippen LogP contribution is 2.05. The summed E-state index contributed by atoms with van der Waals surface area (Å²) in [6.07, 6.45) is 2.61. The first kappa shape index (κ1) is 11.7. The van der Waals surface area contributed by atoms with Gasteiger partial charge in [-0.3, -0.25) is 0 Å². The van der Waals surface area contributed by atoms with Gasteiger partial charge in [0.1, 0.15) is 0 Å². The van der Waals surface area contributed by atoms with Gasteiger partial charge < -0.3 is 10.4 Å². The minimum Gasteiger partial charge on any atom is -0.392 e. The Morgan fingerprint density at radius 2 is 2.00 bits per heavy atom. The van der Waals surface area contributed by atoms with E-state index in [4.69, 9.17) is 5.11 Å². The van der Waals surface area contributed by atoms with Crippen LogP contribution in [0.25, 0.3) is 0 Å². The van der Waals surface area contributed by atoms with Crippen molar-refractivity contribution >= 4 is 0 Å². The molecule has 2 heteroatoms. The van der Waals surface area contributed by atoms with Gasteiger partial charge in [-0.05, 0) is 19.3 Å². The summed E-state index contributed by atoms with van der Waals surface area (Å²) in [6, 6.07) is 0.442. The van der Waals surface area contributed by atoms with E-state index >= 15 is 0 Å². The topological polar surface area (TPSA) is 32.3 Å². The number of nitrogens with one attached hydrogen (secondary N) is 1. The third-order valence-electron chi connectivity index (χ3n) is 1.90. The van der Waals surface area contributed by atoms with Gasteiger partial charge in [-0.2, -0.15) is 0 Å². The highest BCUT2D eigenvalue weighted by Gasteiger charge is 2.10. The minimum absolute atomic E-state index is 0.268. The molecule has 2 atom stereocenters. The van der Waals surface area contributed by atoms with Gasteiger partial charge in [-0.15, -0.1) is 6.58 Å². The third-order valence-corrected chi connectivity index (χ3v) is 1.90. The van der Waals surface area contributed by atoms with Gasteiger partial charge in [0.25, 0.3) is 0 Å². The monoisotopic (exact) mass is 171 g/mol. The number of rotatable bonds is 6. The van der Waals surface area contributed by atoms with Gasteiger partial charge in [-0.1, -0.05) is 19.9 Å². The van der Waals surface area contributed by atoms with E-state index in [2.05, 4.69) is 25.7 Å². The Bertz CT molecular complexity index is 121. The van der Waals surface area contributed by atoms with Crippen LogP contribution >= 0.6 is 0 Å². The molecule has 0 unspecified atom stereocenters. The molecule has 2 nitrogen and oxygen atoms in total. The predicted octanol–water partition coefficient (Wildman–Crippen LogP) is 1.56. The van der Waals surface area contributed by atoms with E-state index in [1.165, 1.54) is 0 Å². The second-order valence-corrected chi connectivity index (χ2v) is 3.63. The van der Waals surface area contributed by atoms with Crippen molar-refractivity contribution in [2.45, 2.75) is 39.3 Å². The van der Waals surface area contributed by atoms with E-state index < -0.39 is 0 Å². The Labute approximate surface area is 75.7 Å². The fourth-order valence-electron chi connectivity index (χ4n) is 1.09. The lowest BCUT2D eigenvalue weighted by Gasteiger charge is -2.21. The summed E-state index contributed by atoms with van der Waals surface area (Å²) in [5.41, 5.74) is 0. The lowest BCUT2D eigenvalue weighted by molar-refractivity contribution is 0.181. The molecule has 0 rings (SSSR count). The molecule has 0 aromatic carbocycles. The zero-order valence-corrected chi connectivity index (χ0v) is 8.38. The second-order valence-electron chi connectivity index (χ2n) is 3.63. The molecule has 72 valence electrons. The average Bonchev–Trinajstić information content (AvgIpc) is 1.96. The van der Waals surface area contributed by atoms with E-state index in [1.807, 2.05) is 6.08 Å². The normalized spacial score (nSPS) is 16.1. The van der Waals surface area contributed by atoms with Gasteiger partial charge in [0.15, 0.2) is 0 Å². The van der Waals surface area contributed by atoms with E-state index in [0.717, 1.165) is 6.42 Å². The fraction of sp³-hybridized carbons (Fsp3) is 0.800. The highest BCUT2D eigenvalue weighted by molar-refractivity contribution is 4.80. The van der Waals surface area contributed by atoms with Gasteiger partial charge in [0.05, 0.1) is 6.10 Å². The maximum atomic E-state index is 9.06. The Kier molecular flexibility index (Phi) is 6.03. The molecule has 12 heavy (non-hydrogen) atoms. The van der Waals surface area contributed by atoms with Crippen LogP contribution in [0.1, 0.15) is 27.2 Å². The number of hydrogen-bond donors (Lipinski definition) is 2.